The van der Waals surface area contributed by atoms with Crippen molar-refractivity contribution in [3.8, 4) is 0 Å². The number of likely N-dealkylation sites (tertiary alicyclic amines) is 1. The lowest BCUT2D eigenvalue weighted by atomic mass is 10.1. The van der Waals surface area contributed by atoms with Gasteiger partial charge in [0.15, 0.2) is 0 Å². The van der Waals surface area contributed by atoms with E-state index >= 15 is 0 Å². The molecule has 1 aliphatic heterocycles. The van der Waals surface area contributed by atoms with Gasteiger partial charge in [-0.25, -0.2) is 9.18 Å². The Morgan fingerprint density at radius 1 is 1.54 bits per heavy atom. The third kappa shape index (κ3) is 3.38. The first-order chi connectivity index (χ1) is 6.24. The molecule has 0 saturated carbocycles. The number of rotatable bonds is 2. The van der Waals surface area contributed by atoms with Crippen LogP contribution in [0.1, 0.15) is 12.8 Å². The summed E-state index contributed by atoms with van der Waals surface area (Å²) < 4.78 is 12.7. The molecule has 3 nitrogen and oxygen atoms in total. The van der Waals surface area contributed by atoms with Crippen molar-refractivity contribution in [2.24, 2.45) is 0 Å². The maximum absolute atomic E-state index is 12.7. The average Bonchev–Trinajstić information content (AvgIpc) is 2.15. The van der Waals surface area contributed by atoms with Gasteiger partial charge in [-0.3, -0.25) is 0 Å². The van der Waals surface area contributed by atoms with Crippen molar-refractivity contribution < 1.29 is 9.18 Å². The summed E-state index contributed by atoms with van der Waals surface area (Å²) in [6.07, 6.45) is 0.167. The molecule has 0 radical (unpaired) electrons. The maximum atomic E-state index is 12.7. The van der Waals surface area contributed by atoms with Crippen LogP contribution >= 0.6 is 11.6 Å². The van der Waals surface area contributed by atoms with E-state index in [1.54, 1.807) is 4.90 Å². The van der Waals surface area contributed by atoms with Crippen LogP contribution in [0.4, 0.5) is 9.18 Å². The first kappa shape index (κ1) is 10.6. The quantitative estimate of drug-likeness (QED) is 0.683. The monoisotopic (exact) mass is 208 g/mol. The van der Waals surface area contributed by atoms with Crippen molar-refractivity contribution in [3.63, 3.8) is 0 Å². The summed E-state index contributed by atoms with van der Waals surface area (Å²) in [6.45, 7) is 1.49. The van der Waals surface area contributed by atoms with Crippen LogP contribution in [0.2, 0.25) is 0 Å². The summed E-state index contributed by atoms with van der Waals surface area (Å²) in [5, 5.41) is 2.65. The first-order valence-corrected chi connectivity index (χ1v) is 5.00. The molecule has 76 valence electrons. The molecule has 1 heterocycles. The van der Waals surface area contributed by atoms with Gasteiger partial charge < -0.3 is 10.2 Å². The molecule has 1 aliphatic rings. The number of nitrogens with one attached hydrogen (secondary N) is 1. The molecule has 1 N–H and O–H groups in total. The molecule has 0 bridgehead atoms. The van der Waals surface area contributed by atoms with Crippen molar-refractivity contribution in [3.05, 3.63) is 0 Å². The molecule has 2 amide bonds. The first-order valence-electron chi connectivity index (χ1n) is 4.47. The molecule has 0 aromatic carbocycles. The normalized spacial score (nSPS) is 18.8. The van der Waals surface area contributed by atoms with Gasteiger partial charge >= 0.3 is 6.03 Å². The predicted molar refractivity (Wildman–Crippen MR) is 49.8 cm³/mol. The summed E-state index contributed by atoms with van der Waals surface area (Å²) in [5.41, 5.74) is 0. The van der Waals surface area contributed by atoms with Crippen LogP contribution in [0.3, 0.4) is 0 Å². The van der Waals surface area contributed by atoms with E-state index in [9.17, 15) is 9.18 Å². The van der Waals surface area contributed by atoms with Gasteiger partial charge in [0.1, 0.15) is 6.17 Å². The summed E-state index contributed by atoms with van der Waals surface area (Å²) in [5.74, 6) is 0.408. The third-order valence-electron chi connectivity index (χ3n) is 2.08. The molecule has 0 unspecified atom stereocenters. The van der Waals surface area contributed by atoms with Crippen LogP contribution in [-0.2, 0) is 0 Å². The fourth-order valence-electron chi connectivity index (χ4n) is 1.32. The third-order valence-corrected chi connectivity index (χ3v) is 2.27. The van der Waals surface area contributed by atoms with E-state index in [0.29, 0.717) is 38.4 Å². The van der Waals surface area contributed by atoms with Gasteiger partial charge in [-0.2, -0.15) is 0 Å². The number of carbonyl (C=O) groups excluding carboxylic acids is 1. The molecule has 1 rings (SSSR count). The highest BCUT2D eigenvalue weighted by Gasteiger charge is 2.21. The van der Waals surface area contributed by atoms with Gasteiger partial charge in [0.2, 0.25) is 0 Å². The Bertz CT molecular complexity index is 172. The standard InChI is InChI=1S/C8H14ClFN2O/c9-3-4-11-8(13)12-5-1-7(10)2-6-12/h7H,1-6H2,(H,11,13). The Morgan fingerprint density at radius 3 is 2.69 bits per heavy atom. The molecule has 0 aliphatic carbocycles. The van der Waals surface area contributed by atoms with E-state index in [2.05, 4.69) is 5.32 Å². The Morgan fingerprint density at radius 2 is 2.15 bits per heavy atom. The topological polar surface area (TPSA) is 32.3 Å². The molecule has 0 aromatic rings. The fraction of sp³-hybridized carbons (Fsp3) is 0.875. The van der Waals surface area contributed by atoms with E-state index in [1.165, 1.54) is 0 Å². The van der Waals surface area contributed by atoms with Gasteiger partial charge in [-0.1, -0.05) is 0 Å². The van der Waals surface area contributed by atoms with Crippen molar-refractivity contribution in [2.45, 2.75) is 19.0 Å². The Kier molecular flexibility index (Phi) is 4.28. The average molecular weight is 209 g/mol. The maximum Gasteiger partial charge on any atom is 0.317 e. The Balaban J connectivity index is 2.23. The molecule has 0 atom stereocenters. The molecule has 0 spiro atoms. The number of nitrogens with zero attached hydrogens (tertiary/aromatic N) is 1. The number of hydrogen-bond donors (Lipinski definition) is 1. The molecular weight excluding hydrogens is 195 g/mol. The lowest BCUT2D eigenvalue weighted by Crippen LogP contribution is -2.45. The summed E-state index contributed by atoms with van der Waals surface area (Å²) in [6, 6.07) is -0.132. The van der Waals surface area contributed by atoms with Gasteiger partial charge in [0, 0.05) is 25.5 Å². The highest BCUT2D eigenvalue weighted by molar-refractivity contribution is 6.18. The lowest BCUT2D eigenvalue weighted by molar-refractivity contribution is 0.153. The molecular formula is C8H14ClFN2O. The van der Waals surface area contributed by atoms with E-state index in [-0.39, 0.29) is 6.03 Å². The Hall–Kier alpha value is -0.510. The summed E-state index contributed by atoms with van der Waals surface area (Å²) >= 11 is 5.41. The van der Waals surface area contributed by atoms with Crippen molar-refractivity contribution in [1.29, 1.82) is 0 Å². The van der Waals surface area contributed by atoms with Gasteiger partial charge in [-0.05, 0) is 12.8 Å². The predicted octanol–water partition coefficient (Wildman–Crippen LogP) is 1.37. The second kappa shape index (κ2) is 5.27. The van der Waals surface area contributed by atoms with E-state index in [1.807, 2.05) is 0 Å². The second-order valence-corrected chi connectivity index (χ2v) is 3.46. The molecule has 5 heteroatoms. The van der Waals surface area contributed by atoms with Crippen molar-refractivity contribution in [2.75, 3.05) is 25.5 Å². The van der Waals surface area contributed by atoms with Crippen LogP contribution in [0.5, 0.6) is 0 Å². The smallest absolute Gasteiger partial charge is 0.317 e. The van der Waals surface area contributed by atoms with Crippen molar-refractivity contribution >= 4 is 17.6 Å². The van der Waals surface area contributed by atoms with Crippen LogP contribution < -0.4 is 5.32 Å². The molecule has 0 aromatic heterocycles. The Labute approximate surface area is 82.2 Å². The largest absolute Gasteiger partial charge is 0.337 e. The second-order valence-electron chi connectivity index (χ2n) is 3.08. The zero-order valence-electron chi connectivity index (χ0n) is 7.43. The fourth-order valence-corrected chi connectivity index (χ4v) is 1.41. The summed E-state index contributed by atoms with van der Waals surface area (Å²) in [7, 11) is 0. The number of carbonyl (C=O) groups is 1. The minimum absolute atomic E-state index is 0.132. The minimum Gasteiger partial charge on any atom is -0.337 e. The molecule has 1 saturated heterocycles. The van der Waals surface area contributed by atoms with Gasteiger partial charge in [0.05, 0.1) is 0 Å². The number of hydrogen-bond acceptors (Lipinski definition) is 1. The number of piperidine rings is 1. The molecule has 1 fully saturated rings. The zero-order valence-corrected chi connectivity index (χ0v) is 8.19. The van der Waals surface area contributed by atoms with Gasteiger partial charge in [0.25, 0.3) is 0 Å². The van der Waals surface area contributed by atoms with Crippen molar-refractivity contribution in [1.82, 2.24) is 10.2 Å². The van der Waals surface area contributed by atoms with Crippen LogP contribution in [-0.4, -0.2) is 42.6 Å². The highest BCUT2D eigenvalue weighted by Crippen LogP contribution is 2.12. The summed E-state index contributed by atoms with van der Waals surface area (Å²) in [4.78, 5) is 12.9. The number of amides is 2. The number of alkyl halides is 2. The van der Waals surface area contributed by atoms with Crippen LogP contribution in [0.15, 0.2) is 0 Å². The highest BCUT2D eigenvalue weighted by atomic mass is 35.5. The van der Waals surface area contributed by atoms with E-state index < -0.39 is 6.17 Å². The van der Waals surface area contributed by atoms with E-state index in [4.69, 9.17) is 11.6 Å². The lowest BCUT2D eigenvalue weighted by Gasteiger charge is -2.28. The number of urea groups is 1. The van der Waals surface area contributed by atoms with Crippen LogP contribution in [0.25, 0.3) is 0 Å². The number of halogens is 2. The SMILES string of the molecule is O=C(NCCCl)N1CCC(F)CC1. The van der Waals surface area contributed by atoms with Crippen LogP contribution in [0, 0.1) is 0 Å². The van der Waals surface area contributed by atoms with Gasteiger partial charge in [-0.15, -0.1) is 11.6 Å². The molecule has 13 heavy (non-hydrogen) atoms. The van der Waals surface area contributed by atoms with E-state index in [0.717, 1.165) is 0 Å². The zero-order chi connectivity index (χ0) is 9.68. The minimum atomic E-state index is -0.739.